The highest BCUT2D eigenvalue weighted by molar-refractivity contribution is 7.14. The molecule has 0 amide bonds. The number of rotatable bonds is 5. The van der Waals surface area contributed by atoms with Crippen molar-refractivity contribution in [3.05, 3.63) is 35.7 Å². The number of carbonyl (C=O) groups is 1. The summed E-state index contributed by atoms with van der Waals surface area (Å²) in [6, 6.07) is 10.0. The van der Waals surface area contributed by atoms with Gasteiger partial charge in [-0.05, 0) is 20.3 Å². The molecule has 2 atom stereocenters. The Hall–Kier alpha value is -2.21. The van der Waals surface area contributed by atoms with E-state index in [2.05, 4.69) is 15.5 Å². The fourth-order valence-electron chi connectivity index (χ4n) is 2.62. The van der Waals surface area contributed by atoms with Crippen LogP contribution in [-0.2, 0) is 9.53 Å². The molecule has 23 heavy (non-hydrogen) atoms. The van der Waals surface area contributed by atoms with Gasteiger partial charge in [0.2, 0.25) is 5.13 Å². The first-order valence-corrected chi connectivity index (χ1v) is 8.50. The second-order valence-corrected chi connectivity index (χ2v) is 6.61. The summed E-state index contributed by atoms with van der Waals surface area (Å²) in [5, 5.41) is 7.07. The number of thiazole rings is 1. The molecular formula is C17H19N3O2S. The highest BCUT2D eigenvalue weighted by Crippen LogP contribution is 2.26. The minimum atomic E-state index is -0.118. The SMILES string of the molecule is C/C(CC1CC(C)OC1=O)=N\Nc1nc(-c2ccccc2)cs1. The number of esters is 1. The van der Waals surface area contributed by atoms with Gasteiger partial charge in [0.05, 0.1) is 17.7 Å². The van der Waals surface area contributed by atoms with Gasteiger partial charge < -0.3 is 4.74 Å². The topological polar surface area (TPSA) is 63.6 Å². The minimum Gasteiger partial charge on any atom is -0.462 e. The molecule has 0 spiro atoms. The molecule has 6 heteroatoms. The number of benzene rings is 1. The maximum atomic E-state index is 11.6. The Bertz CT molecular complexity index is 712. The third-order valence-electron chi connectivity index (χ3n) is 3.73. The Morgan fingerprint density at radius 2 is 2.22 bits per heavy atom. The van der Waals surface area contributed by atoms with Crippen LogP contribution in [0.15, 0.2) is 40.8 Å². The van der Waals surface area contributed by atoms with Crippen LogP contribution in [0.2, 0.25) is 0 Å². The van der Waals surface area contributed by atoms with Gasteiger partial charge in [-0.25, -0.2) is 4.98 Å². The van der Waals surface area contributed by atoms with E-state index in [0.717, 1.165) is 28.5 Å². The van der Waals surface area contributed by atoms with E-state index in [9.17, 15) is 4.79 Å². The lowest BCUT2D eigenvalue weighted by Gasteiger charge is -2.04. The normalized spacial score (nSPS) is 21.3. The van der Waals surface area contributed by atoms with E-state index < -0.39 is 0 Å². The zero-order valence-electron chi connectivity index (χ0n) is 13.2. The van der Waals surface area contributed by atoms with Crippen LogP contribution >= 0.6 is 11.3 Å². The number of hydrazone groups is 1. The summed E-state index contributed by atoms with van der Waals surface area (Å²) in [7, 11) is 0. The second kappa shape index (κ2) is 6.91. The third-order valence-corrected chi connectivity index (χ3v) is 4.47. The van der Waals surface area contributed by atoms with Crippen LogP contribution < -0.4 is 5.43 Å². The molecule has 0 aliphatic carbocycles. The maximum Gasteiger partial charge on any atom is 0.309 e. The van der Waals surface area contributed by atoms with E-state index in [4.69, 9.17) is 4.74 Å². The predicted molar refractivity (Wildman–Crippen MR) is 92.6 cm³/mol. The summed E-state index contributed by atoms with van der Waals surface area (Å²) in [6.07, 6.45) is 1.40. The van der Waals surface area contributed by atoms with Gasteiger partial charge in [-0.1, -0.05) is 30.3 Å². The Labute approximate surface area is 139 Å². The molecule has 5 nitrogen and oxygen atoms in total. The Balaban J connectivity index is 1.59. The number of hydrogen-bond donors (Lipinski definition) is 1. The van der Waals surface area contributed by atoms with E-state index in [1.54, 1.807) is 0 Å². The van der Waals surface area contributed by atoms with Crippen molar-refractivity contribution < 1.29 is 9.53 Å². The summed E-state index contributed by atoms with van der Waals surface area (Å²) in [5.74, 6) is -0.195. The van der Waals surface area contributed by atoms with Crippen molar-refractivity contribution in [2.45, 2.75) is 32.8 Å². The monoisotopic (exact) mass is 329 g/mol. The zero-order valence-corrected chi connectivity index (χ0v) is 14.0. The summed E-state index contributed by atoms with van der Waals surface area (Å²) >= 11 is 1.51. The first-order chi connectivity index (χ1) is 11.1. The Morgan fingerprint density at radius 3 is 2.91 bits per heavy atom. The molecule has 1 aliphatic rings. The van der Waals surface area contributed by atoms with Crippen molar-refractivity contribution in [1.82, 2.24) is 4.98 Å². The van der Waals surface area contributed by atoms with Crippen LogP contribution in [-0.4, -0.2) is 22.8 Å². The highest BCUT2D eigenvalue weighted by Gasteiger charge is 2.31. The lowest BCUT2D eigenvalue weighted by molar-refractivity contribution is -0.143. The number of anilines is 1. The lowest BCUT2D eigenvalue weighted by atomic mass is 9.99. The molecule has 2 heterocycles. The smallest absolute Gasteiger partial charge is 0.309 e. The quantitative estimate of drug-likeness (QED) is 0.513. The van der Waals surface area contributed by atoms with Gasteiger partial charge in [0.1, 0.15) is 0 Å². The maximum absolute atomic E-state index is 11.6. The van der Waals surface area contributed by atoms with Crippen LogP contribution in [0, 0.1) is 5.92 Å². The molecule has 1 N–H and O–H groups in total. The van der Waals surface area contributed by atoms with Gasteiger partial charge in [-0.15, -0.1) is 11.3 Å². The van der Waals surface area contributed by atoms with Crippen molar-refractivity contribution in [2.24, 2.45) is 11.0 Å². The first-order valence-electron chi connectivity index (χ1n) is 7.62. The highest BCUT2D eigenvalue weighted by atomic mass is 32.1. The zero-order chi connectivity index (χ0) is 16.2. The summed E-state index contributed by atoms with van der Waals surface area (Å²) < 4.78 is 5.17. The summed E-state index contributed by atoms with van der Waals surface area (Å²) in [4.78, 5) is 16.2. The van der Waals surface area contributed by atoms with Crippen molar-refractivity contribution >= 4 is 28.1 Å². The van der Waals surface area contributed by atoms with Gasteiger partial charge in [-0.2, -0.15) is 5.10 Å². The Morgan fingerprint density at radius 1 is 1.43 bits per heavy atom. The largest absolute Gasteiger partial charge is 0.462 e. The molecule has 1 aliphatic heterocycles. The molecule has 120 valence electrons. The average Bonchev–Trinajstić information content (AvgIpc) is 3.13. The van der Waals surface area contributed by atoms with Crippen LogP contribution in [0.5, 0.6) is 0 Å². The average molecular weight is 329 g/mol. The van der Waals surface area contributed by atoms with Crippen molar-refractivity contribution in [1.29, 1.82) is 0 Å². The third kappa shape index (κ3) is 3.96. The molecule has 3 rings (SSSR count). The van der Waals surface area contributed by atoms with Crippen LogP contribution in [0.25, 0.3) is 11.3 Å². The first kappa shape index (κ1) is 15.7. The predicted octanol–water partition coefficient (Wildman–Crippen LogP) is 3.94. The standard InChI is InChI=1S/C17H19N3O2S/c1-11(8-14-9-12(2)22-16(14)21)19-20-17-18-15(10-23-17)13-6-4-3-5-7-13/h3-7,10,12,14H,8-9H2,1-2H3,(H,18,20)/b19-11+. The van der Waals surface area contributed by atoms with E-state index in [1.807, 2.05) is 49.6 Å². The molecule has 1 saturated heterocycles. The van der Waals surface area contributed by atoms with E-state index >= 15 is 0 Å². The number of cyclic esters (lactones) is 1. The number of nitrogens with zero attached hydrogens (tertiary/aromatic N) is 2. The molecule has 0 saturated carbocycles. The molecule has 1 fully saturated rings. The van der Waals surface area contributed by atoms with Gasteiger partial charge in [0.25, 0.3) is 0 Å². The number of nitrogens with one attached hydrogen (secondary N) is 1. The number of ether oxygens (including phenoxy) is 1. The van der Waals surface area contributed by atoms with Crippen LogP contribution in [0.4, 0.5) is 5.13 Å². The number of carbonyl (C=O) groups excluding carboxylic acids is 1. The van der Waals surface area contributed by atoms with E-state index in [-0.39, 0.29) is 18.0 Å². The van der Waals surface area contributed by atoms with Crippen molar-refractivity contribution in [3.63, 3.8) is 0 Å². The van der Waals surface area contributed by atoms with E-state index in [0.29, 0.717) is 6.42 Å². The fourth-order valence-corrected chi connectivity index (χ4v) is 3.28. The lowest BCUT2D eigenvalue weighted by Crippen LogP contribution is -2.12. The summed E-state index contributed by atoms with van der Waals surface area (Å²) in [6.45, 7) is 3.83. The van der Waals surface area contributed by atoms with Crippen LogP contribution in [0.1, 0.15) is 26.7 Å². The number of hydrogen-bond acceptors (Lipinski definition) is 6. The van der Waals surface area contributed by atoms with E-state index in [1.165, 1.54) is 11.3 Å². The van der Waals surface area contributed by atoms with Gasteiger partial charge in [0.15, 0.2) is 0 Å². The molecule has 2 aromatic rings. The molecular weight excluding hydrogens is 310 g/mol. The fraction of sp³-hybridized carbons (Fsp3) is 0.353. The van der Waals surface area contributed by atoms with Crippen molar-refractivity contribution in [3.8, 4) is 11.3 Å². The summed E-state index contributed by atoms with van der Waals surface area (Å²) in [5.41, 5.74) is 5.86. The molecule has 1 aromatic carbocycles. The number of aromatic nitrogens is 1. The van der Waals surface area contributed by atoms with Gasteiger partial charge in [-0.3, -0.25) is 10.2 Å². The van der Waals surface area contributed by atoms with Crippen molar-refractivity contribution in [2.75, 3.05) is 5.43 Å². The molecule has 0 bridgehead atoms. The van der Waals surface area contributed by atoms with Crippen LogP contribution in [0.3, 0.4) is 0 Å². The molecule has 2 unspecified atom stereocenters. The van der Waals surface area contributed by atoms with Gasteiger partial charge in [0, 0.05) is 23.1 Å². The molecule has 1 aromatic heterocycles. The van der Waals surface area contributed by atoms with Gasteiger partial charge >= 0.3 is 5.97 Å². The molecule has 0 radical (unpaired) electrons. The second-order valence-electron chi connectivity index (χ2n) is 5.75. The Kier molecular flexibility index (Phi) is 4.71. The minimum absolute atomic E-state index is 0.0145.